The number of anilines is 2. The number of halogens is 2. The summed E-state index contributed by atoms with van der Waals surface area (Å²) in [4.78, 5) is 1.23. The maximum Gasteiger partial charge on any atom is 0.138 e. The summed E-state index contributed by atoms with van der Waals surface area (Å²) in [5.74, 6) is -0.242. The Kier molecular flexibility index (Phi) is 4.45. The number of benzene rings is 1. The van der Waals surface area contributed by atoms with E-state index >= 15 is 0 Å². The van der Waals surface area contributed by atoms with Gasteiger partial charge in [-0.25, -0.2) is 4.39 Å². The molecule has 1 aromatic heterocycles. The van der Waals surface area contributed by atoms with E-state index in [9.17, 15) is 4.39 Å². The zero-order valence-corrected chi connectivity index (χ0v) is 12.9. The molecule has 18 heavy (non-hydrogen) atoms. The minimum absolute atomic E-state index is 0.173. The zero-order valence-electron chi connectivity index (χ0n) is 9.91. The van der Waals surface area contributed by atoms with Crippen LogP contribution in [-0.2, 0) is 0 Å². The topological polar surface area (TPSA) is 38.0 Å². The second kappa shape index (κ2) is 5.88. The predicted molar refractivity (Wildman–Crippen MR) is 84.5 cm³/mol. The Morgan fingerprint density at radius 3 is 2.89 bits per heavy atom. The van der Waals surface area contributed by atoms with Crippen LogP contribution in [0.2, 0.25) is 0 Å². The van der Waals surface area contributed by atoms with Gasteiger partial charge in [-0.2, -0.15) is 0 Å². The number of hydrogen-bond acceptors (Lipinski definition) is 3. The summed E-state index contributed by atoms with van der Waals surface area (Å²) < 4.78 is 14.1. The molecule has 1 unspecified atom stereocenters. The van der Waals surface area contributed by atoms with Crippen molar-refractivity contribution in [3.8, 4) is 0 Å². The summed E-state index contributed by atoms with van der Waals surface area (Å²) in [6.45, 7) is 2.09. The molecule has 0 radical (unpaired) electrons. The summed E-state index contributed by atoms with van der Waals surface area (Å²) >= 11 is 3.63. The Morgan fingerprint density at radius 1 is 1.50 bits per heavy atom. The summed E-state index contributed by atoms with van der Waals surface area (Å²) in [5.41, 5.74) is 7.16. The molecule has 0 saturated carbocycles. The molecule has 2 rings (SSSR count). The largest absolute Gasteiger partial charge is 0.397 e. The summed E-state index contributed by atoms with van der Waals surface area (Å²) in [7, 11) is 0. The highest BCUT2D eigenvalue weighted by Gasteiger charge is 2.13. The van der Waals surface area contributed by atoms with Crippen molar-refractivity contribution in [1.82, 2.24) is 0 Å². The predicted octanol–water partition coefficient (Wildman–Crippen LogP) is 4.64. The van der Waals surface area contributed by atoms with Crippen molar-refractivity contribution in [2.75, 3.05) is 11.1 Å². The van der Waals surface area contributed by atoms with Crippen LogP contribution in [-0.4, -0.2) is 0 Å². The van der Waals surface area contributed by atoms with E-state index < -0.39 is 0 Å². The van der Waals surface area contributed by atoms with Crippen LogP contribution < -0.4 is 11.1 Å². The number of nitrogens with one attached hydrogen (secondary N) is 1. The fraction of sp³-hybridized carbons (Fsp3) is 0.231. The summed E-state index contributed by atoms with van der Waals surface area (Å²) in [6.07, 6.45) is 0.924. The normalized spacial score (nSPS) is 12.4. The highest BCUT2D eigenvalue weighted by molar-refractivity contribution is 14.1. The first-order valence-electron chi connectivity index (χ1n) is 5.66. The molecule has 0 spiro atoms. The molecule has 1 atom stereocenters. The van der Waals surface area contributed by atoms with Crippen LogP contribution in [0.5, 0.6) is 0 Å². The molecule has 5 heteroatoms. The lowest BCUT2D eigenvalue weighted by atomic mass is 10.1. The maximum absolute atomic E-state index is 13.6. The molecule has 1 aromatic carbocycles. The molecule has 1 heterocycles. The van der Waals surface area contributed by atoms with Crippen molar-refractivity contribution in [3.63, 3.8) is 0 Å². The summed E-state index contributed by atoms with van der Waals surface area (Å²) in [5, 5.41) is 5.35. The van der Waals surface area contributed by atoms with Crippen LogP contribution in [0.3, 0.4) is 0 Å². The first-order chi connectivity index (χ1) is 8.61. The Balaban J connectivity index is 2.25. The third-order valence-electron chi connectivity index (χ3n) is 2.72. The molecular formula is C13H14FIN2S. The second-order valence-electron chi connectivity index (χ2n) is 3.97. The molecule has 0 aliphatic rings. The average molecular weight is 376 g/mol. The van der Waals surface area contributed by atoms with Crippen LogP contribution in [0.1, 0.15) is 24.3 Å². The van der Waals surface area contributed by atoms with Gasteiger partial charge in [0.15, 0.2) is 0 Å². The summed E-state index contributed by atoms with van der Waals surface area (Å²) in [6, 6.07) is 7.38. The highest BCUT2D eigenvalue weighted by atomic mass is 127. The van der Waals surface area contributed by atoms with E-state index in [1.807, 2.05) is 34.0 Å². The van der Waals surface area contributed by atoms with Crippen molar-refractivity contribution >= 4 is 45.3 Å². The third kappa shape index (κ3) is 2.95. The first kappa shape index (κ1) is 13.6. The first-order valence-corrected chi connectivity index (χ1v) is 7.62. The smallest absolute Gasteiger partial charge is 0.138 e. The van der Waals surface area contributed by atoms with Crippen LogP contribution in [0, 0.1) is 9.39 Å². The van der Waals surface area contributed by atoms with Gasteiger partial charge in [0, 0.05) is 10.9 Å². The standard InChI is InChI=1S/C13H14FIN2S/c1-2-11(13-4-3-5-18-13)17-12-6-8(14)9(15)7-10(12)16/h3-7,11,17H,2,16H2,1H3. The molecule has 0 amide bonds. The maximum atomic E-state index is 13.6. The molecule has 0 saturated heterocycles. The highest BCUT2D eigenvalue weighted by Crippen LogP contribution is 2.30. The van der Waals surface area contributed by atoms with Crippen LogP contribution in [0.15, 0.2) is 29.6 Å². The fourth-order valence-electron chi connectivity index (χ4n) is 1.74. The molecule has 96 valence electrons. The van der Waals surface area contributed by atoms with Crippen molar-refractivity contribution < 1.29 is 4.39 Å². The Morgan fingerprint density at radius 2 is 2.28 bits per heavy atom. The van der Waals surface area contributed by atoms with E-state index in [1.165, 1.54) is 10.9 Å². The van der Waals surface area contributed by atoms with Gasteiger partial charge in [0.05, 0.1) is 21.0 Å². The van der Waals surface area contributed by atoms with Crippen LogP contribution in [0.25, 0.3) is 0 Å². The van der Waals surface area contributed by atoms with Gasteiger partial charge in [-0.15, -0.1) is 11.3 Å². The molecule has 3 N–H and O–H groups in total. The molecule has 0 aliphatic carbocycles. The number of hydrogen-bond donors (Lipinski definition) is 2. The number of nitrogens with two attached hydrogens (primary N) is 1. The number of rotatable bonds is 4. The lowest BCUT2D eigenvalue weighted by Crippen LogP contribution is -2.10. The van der Waals surface area contributed by atoms with E-state index in [2.05, 4.69) is 18.3 Å². The van der Waals surface area contributed by atoms with Gasteiger partial charge in [0.25, 0.3) is 0 Å². The van der Waals surface area contributed by atoms with Crippen molar-refractivity contribution in [3.05, 3.63) is 43.9 Å². The number of thiophene rings is 1. The van der Waals surface area contributed by atoms with Gasteiger partial charge in [0.1, 0.15) is 5.82 Å². The molecule has 2 aromatic rings. The molecule has 2 nitrogen and oxygen atoms in total. The van der Waals surface area contributed by atoms with Crippen LogP contribution in [0.4, 0.5) is 15.8 Å². The van der Waals surface area contributed by atoms with Gasteiger partial charge in [-0.1, -0.05) is 13.0 Å². The minimum Gasteiger partial charge on any atom is -0.397 e. The van der Waals surface area contributed by atoms with E-state index in [-0.39, 0.29) is 11.9 Å². The van der Waals surface area contributed by atoms with Gasteiger partial charge >= 0.3 is 0 Å². The van der Waals surface area contributed by atoms with Crippen molar-refractivity contribution in [2.45, 2.75) is 19.4 Å². The zero-order chi connectivity index (χ0) is 13.1. The van der Waals surface area contributed by atoms with Gasteiger partial charge in [0.2, 0.25) is 0 Å². The van der Waals surface area contributed by atoms with E-state index in [4.69, 9.17) is 5.73 Å². The van der Waals surface area contributed by atoms with Gasteiger partial charge in [-0.05, 0) is 46.5 Å². The molecule has 0 aliphatic heterocycles. The Bertz CT molecular complexity index is 528. The third-order valence-corrected chi connectivity index (χ3v) is 4.53. The van der Waals surface area contributed by atoms with Crippen molar-refractivity contribution in [2.24, 2.45) is 0 Å². The lowest BCUT2D eigenvalue weighted by molar-refractivity contribution is 0.620. The van der Waals surface area contributed by atoms with Gasteiger partial charge in [-0.3, -0.25) is 0 Å². The average Bonchev–Trinajstić information content (AvgIpc) is 2.85. The monoisotopic (exact) mass is 376 g/mol. The lowest BCUT2D eigenvalue weighted by Gasteiger charge is -2.18. The minimum atomic E-state index is -0.242. The van der Waals surface area contributed by atoms with E-state index in [0.717, 1.165) is 6.42 Å². The SMILES string of the molecule is CCC(Nc1cc(F)c(I)cc1N)c1cccs1. The van der Waals surface area contributed by atoms with Crippen molar-refractivity contribution in [1.29, 1.82) is 0 Å². The Labute approximate surface area is 124 Å². The van der Waals surface area contributed by atoms with Crippen LogP contribution >= 0.6 is 33.9 Å². The quantitative estimate of drug-likeness (QED) is 0.603. The van der Waals surface area contributed by atoms with Gasteiger partial charge < -0.3 is 11.1 Å². The van der Waals surface area contributed by atoms with E-state index in [0.29, 0.717) is 14.9 Å². The molecule has 0 bridgehead atoms. The second-order valence-corrected chi connectivity index (χ2v) is 6.12. The van der Waals surface area contributed by atoms with E-state index in [1.54, 1.807) is 17.4 Å². The Hall–Kier alpha value is -0.820. The molecular weight excluding hydrogens is 362 g/mol. The molecule has 0 fully saturated rings. The fourth-order valence-corrected chi connectivity index (χ4v) is 3.09. The number of nitrogen functional groups attached to an aromatic ring is 1.